The van der Waals surface area contributed by atoms with Crippen molar-refractivity contribution in [3.8, 4) is 0 Å². The number of methoxy groups -OCH3 is 1. The minimum absolute atomic E-state index is 0.198. The predicted octanol–water partition coefficient (Wildman–Crippen LogP) is 4.42. The SMILES string of the molecule is CC.COC(=O)Cc1ccccc1.Cc1ccccc1. The molecule has 0 fully saturated rings. The summed E-state index contributed by atoms with van der Waals surface area (Å²) < 4.78 is 4.52. The number of benzene rings is 2. The monoisotopic (exact) mass is 272 g/mol. The minimum atomic E-state index is -0.198. The zero-order valence-corrected chi connectivity index (χ0v) is 12.8. The van der Waals surface area contributed by atoms with Gasteiger partial charge in [-0.05, 0) is 12.5 Å². The highest BCUT2D eigenvalue weighted by molar-refractivity contribution is 5.72. The lowest BCUT2D eigenvalue weighted by molar-refractivity contribution is -0.139. The van der Waals surface area contributed by atoms with Crippen LogP contribution in [0.5, 0.6) is 0 Å². The number of rotatable bonds is 2. The average Bonchev–Trinajstić information content (AvgIpc) is 2.51. The lowest BCUT2D eigenvalue weighted by Crippen LogP contribution is -2.03. The quantitative estimate of drug-likeness (QED) is 0.756. The van der Waals surface area contributed by atoms with Crippen LogP contribution in [0, 0.1) is 6.92 Å². The summed E-state index contributed by atoms with van der Waals surface area (Å²) in [4.78, 5) is 10.8. The van der Waals surface area contributed by atoms with Crippen molar-refractivity contribution in [1.82, 2.24) is 0 Å². The number of carbonyl (C=O) groups excluding carboxylic acids is 1. The van der Waals surface area contributed by atoms with Crippen molar-refractivity contribution >= 4 is 5.97 Å². The van der Waals surface area contributed by atoms with Gasteiger partial charge in [0.15, 0.2) is 0 Å². The van der Waals surface area contributed by atoms with E-state index in [1.165, 1.54) is 12.7 Å². The van der Waals surface area contributed by atoms with Gasteiger partial charge in [0.2, 0.25) is 0 Å². The third-order valence-corrected chi connectivity index (χ3v) is 2.36. The highest BCUT2D eigenvalue weighted by atomic mass is 16.5. The molecule has 0 amide bonds. The second-order valence-electron chi connectivity index (χ2n) is 3.89. The molecule has 0 spiro atoms. The third-order valence-electron chi connectivity index (χ3n) is 2.36. The summed E-state index contributed by atoms with van der Waals surface area (Å²) in [5.41, 5.74) is 2.31. The Morgan fingerprint density at radius 2 is 1.35 bits per heavy atom. The maximum atomic E-state index is 10.8. The fourth-order valence-corrected chi connectivity index (χ4v) is 1.37. The van der Waals surface area contributed by atoms with E-state index in [1.807, 2.05) is 62.4 Å². The lowest BCUT2D eigenvalue weighted by Gasteiger charge is -1.97. The van der Waals surface area contributed by atoms with Crippen molar-refractivity contribution in [3.63, 3.8) is 0 Å². The molecule has 20 heavy (non-hydrogen) atoms. The first-order valence-corrected chi connectivity index (χ1v) is 6.84. The van der Waals surface area contributed by atoms with E-state index in [2.05, 4.69) is 23.8 Å². The molecule has 0 atom stereocenters. The van der Waals surface area contributed by atoms with Crippen molar-refractivity contribution in [2.24, 2.45) is 0 Å². The van der Waals surface area contributed by atoms with Gasteiger partial charge in [-0.15, -0.1) is 0 Å². The Kier molecular flexibility index (Phi) is 10.7. The van der Waals surface area contributed by atoms with Gasteiger partial charge in [0, 0.05) is 0 Å². The maximum Gasteiger partial charge on any atom is 0.309 e. The smallest absolute Gasteiger partial charge is 0.309 e. The number of esters is 1. The first kappa shape index (κ1) is 17.9. The van der Waals surface area contributed by atoms with Gasteiger partial charge < -0.3 is 4.74 Å². The van der Waals surface area contributed by atoms with E-state index in [0.29, 0.717) is 6.42 Å². The summed E-state index contributed by atoms with van der Waals surface area (Å²) >= 11 is 0. The fraction of sp³-hybridized carbons (Fsp3) is 0.278. The molecule has 0 aromatic heterocycles. The van der Waals surface area contributed by atoms with E-state index in [0.717, 1.165) is 5.56 Å². The van der Waals surface area contributed by atoms with Gasteiger partial charge in [-0.1, -0.05) is 80.1 Å². The molecular formula is C18H24O2. The average molecular weight is 272 g/mol. The topological polar surface area (TPSA) is 26.3 Å². The standard InChI is InChI=1S/C9H10O2.C7H8.C2H6/c1-11-9(10)7-8-5-3-2-4-6-8;1-7-5-3-2-4-6-7;1-2/h2-6H,7H2,1H3;2-6H,1H3;1-2H3. The van der Waals surface area contributed by atoms with Crippen LogP contribution < -0.4 is 0 Å². The van der Waals surface area contributed by atoms with Gasteiger partial charge in [0.1, 0.15) is 0 Å². The zero-order valence-electron chi connectivity index (χ0n) is 12.8. The molecule has 0 saturated carbocycles. The molecule has 0 radical (unpaired) electrons. The molecule has 108 valence electrons. The Balaban J connectivity index is 0.000000345. The number of aryl methyl sites for hydroxylation is 1. The van der Waals surface area contributed by atoms with Gasteiger partial charge in [0.25, 0.3) is 0 Å². The van der Waals surface area contributed by atoms with Crippen LogP contribution in [-0.4, -0.2) is 13.1 Å². The molecule has 2 aromatic carbocycles. The summed E-state index contributed by atoms with van der Waals surface area (Å²) in [5.74, 6) is -0.198. The zero-order chi connectivity index (χ0) is 15.2. The Labute approximate surface area is 122 Å². The van der Waals surface area contributed by atoms with Crippen LogP contribution in [0.1, 0.15) is 25.0 Å². The molecule has 2 aromatic rings. The van der Waals surface area contributed by atoms with Crippen molar-refractivity contribution in [2.45, 2.75) is 27.2 Å². The van der Waals surface area contributed by atoms with Crippen LogP contribution in [0.3, 0.4) is 0 Å². The van der Waals surface area contributed by atoms with Crippen LogP contribution >= 0.6 is 0 Å². The van der Waals surface area contributed by atoms with E-state index >= 15 is 0 Å². The molecule has 0 heterocycles. The summed E-state index contributed by atoms with van der Waals surface area (Å²) in [6, 6.07) is 19.8. The summed E-state index contributed by atoms with van der Waals surface area (Å²) in [6.45, 7) is 6.08. The Hall–Kier alpha value is -2.09. The van der Waals surface area contributed by atoms with Crippen LogP contribution in [0.4, 0.5) is 0 Å². The van der Waals surface area contributed by atoms with Crippen LogP contribution in [0.2, 0.25) is 0 Å². The van der Waals surface area contributed by atoms with E-state index in [4.69, 9.17) is 0 Å². The number of hydrogen-bond donors (Lipinski definition) is 0. The molecule has 0 N–H and O–H groups in total. The summed E-state index contributed by atoms with van der Waals surface area (Å²) in [6.07, 6.45) is 0.358. The molecular weight excluding hydrogens is 248 g/mol. The second-order valence-corrected chi connectivity index (χ2v) is 3.89. The molecule has 0 aliphatic rings. The molecule has 0 unspecified atom stereocenters. The van der Waals surface area contributed by atoms with E-state index < -0.39 is 0 Å². The predicted molar refractivity (Wildman–Crippen MR) is 84.7 cm³/mol. The largest absolute Gasteiger partial charge is 0.469 e. The fourth-order valence-electron chi connectivity index (χ4n) is 1.37. The summed E-state index contributed by atoms with van der Waals surface area (Å²) in [7, 11) is 1.39. The number of carbonyl (C=O) groups is 1. The van der Waals surface area contributed by atoms with E-state index in [1.54, 1.807) is 0 Å². The first-order valence-electron chi connectivity index (χ1n) is 6.84. The van der Waals surface area contributed by atoms with E-state index in [-0.39, 0.29) is 5.97 Å². The Bertz CT molecular complexity index is 449. The first-order chi connectivity index (χ1) is 9.72. The van der Waals surface area contributed by atoms with Crippen LogP contribution in [0.15, 0.2) is 60.7 Å². The Morgan fingerprint density at radius 3 is 1.70 bits per heavy atom. The molecule has 0 aliphatic heterocycles. The van der Waals surface area contributed by atoms with Gasteiger partial charge in [-0.2, -0.15) is 0 Å². The highest BCUT2D eigenvalue weighted by Crippen LogP contribution is 1.99. The van der Waals surface area contributed by atoms with Crippen molar-refractivity contribution in [3.05, 3.63) is 71.8 Å². The van der Waals surface area contributed by atoms with Gasteiger partial charge >= 0.3 is 5.97 Å². The van der Waals surface area contributed by atoms with Crippen molar-refractivity contribution in [1.29, 1.82) is 0 Å². The summed E-state index contributed by atoms with van der Waals surface area (Å²) in [5, 5.41) is 0. The molecule has 2 nitrogen and oxygen atoms in total. The minimum Gasteiger partial charge on any atom is -0.469 e. The Morgan fingerprint density at radius 1 is 0.900 bits per heavy atom. The molecule has 0 bridgehead atoms. The second kappa shape index (κ2) is 12.0. The normalized spacial score (nSPS) is 8.40. The number of hydrogen-bond acceptors (Lipinski definition) is 2. The highest BCUT2D eigenvalue weighted by Gasteiger charge is 1.99. The number of ether oxygens (including phenoxy) is 1. The van der Waals surface area contributed by atoms with Crippen molar-refractivity contribution < 1.29 is 9.53 Å². The van der Waals surface area contributed by atoms with Crippen LogP contribution in [0.25, 0.3) is 0 Å². The van der Waals surface area contributed by atoms with Gasteiger partial charge in [0.05, 0.1) is 13.5 Å². The third kappa shape index (κ3) is 8.92. The van der Waals surface area contributed by atoms with E-state index in [9.17, 15) is 4.79 Å². The van der Waals surface area contributed by atoms with Crippen molar-refractivity contribution in [2.75, 3.05) is 7.11 Å². The molecule has 0 saturated heterocycles. The lowest BCUT2D eigenvalue weighted by atomic mass is 10.2. The molecule has 2 heteroatoms. The molecule has 0 aliphatic carbocycles. The molecule has 2 rings (SSSR count). The van der Waals surface area contributed by atoms with Gasteiger partial charge in [-0.25, -0.2) is 0 Å². The van der Waals surface area contributed by atoms with Crippen LogP contribution in [-0.2, 0) is 16.0 Å². The van der Waals surface area contributed by atoms with Gasteiger partial charge in [-0.3, -0.25) is 4.79 Å². The maximum absolute atomic E-state index is 10.8.